The third-order valence-corrected chi connectivity index (χ3v) is 5.31. The van der Waals surface area contributed by atoms with Crippen LogP contribution in [0.15, 0.2) is 35.6 Å². The van der Waals surface area contributed by atoms with Crippen molar-refractivity contribution in [1.29, 1.82) is 0 Å². The number of halogens is 2. The molecule has 0 radical (unpaired) electrons. The average molecular weight is 500 g/mol. The first kappa shape index (κ1) is 22.6. The first-order valence-corrected chi connectivity index (χ1v) is 9.82. The summed E-state index contributed by atoms with van der Waals surface area (Å²) in [4.78, 5) is 4.83. The Hall–Kier alpha value is -1.71. The number of hydrogen-bond acceptors (Lipinski definition) is 3. The molecule has 2 N–H and O–H groups in total. The highest BCUT2D eigenvalue weighted by atomic mass is 127. The summed E-state index contributed by atoms with van der Waals surface area (Å²) < 4.78 is 15.3. The molecule has 0 atom stereocenters. The van der Waals surface area contributed by atoms with Crippen LogP contribution in [0, 0.1) is 5.82 Å². The summed E-state index contributed by atoms with van der Waals surface area (Å²) in [6.45, 7) is 7.20. The van der Waals surface area contributed by atoms with Gasteiger partial charge in [0.25, 0.3) is 0 Å². The summed E-state index contributed by atoms with van der Waals surface area (Å²) in [5.41, 5.74) is 1.23. The largest absolute Gasteiger partial charge is 0.357 e. The highest BCUT2D eigenvalue weighted by Crippen LogP contribution is 2.44. The van der Waals surface area contributed by atoms with Crippen LogP contribution in [0.2, 0.25) is 0 Å². The van der Waals surface area contributed by atoms with Gasteiger partial charge >= 0.3 is 0 Å². The predicted octanol–water partition coefficient (Wildman–Crippen LogP) is 3.27. The van der Waals surface area contributed by atoms with Crippen molar-refractivity contribution < 1.29 is 4.39 Å². The van der Waals surface area contributed by atoms with Crippen molar-refractivity contribution in [2.75, 3.05) is 19.6 Å². The molecule has 2 aromatic rings. The molecule has 1 aliphatic carbocycles. The molecule has 1 saturated carbocycles. The minimum Gasteiger partial charge on any atom is -0.357 e. The van der Waals surface area contributed by atoms with Gasteiger partial charge in [0.2, 0.25) is 0 Å². The fourth-order valence-electron chi connectivity index (χ4n) is 3.55. The minimum atomic E-state index is -0.188. The fourth-order valence-corrected chi connectivity index (χ4v) is 3.55. The maximum absolute atomic E-state index is 13.3. The van der Waals surface area contributed by atoms with E-state index in [1.54, 1.807) is 18.5 Å². The molecule has 1 aromatic carbocycles. The summed E-state index contributed by atoms with van der Waals surface area (Å²) in [6.07, 6.45) is 6.03. The second-order valence-corrected chi connectivity index (χ2v) is 7.06. The standard InChI is InChI=1S/C20H29FN6.HI/c1-3-18-26-25-15-27(18)13-12-23-19(22-4-2)24-14-20(10-5-11-20)16-6-8-17(21)9-7-16;/h6-9,15H,3-5,10-14H2,1-2H3,(H2,22,23,24);1H. The summed E-state index contributed by atoms with van der Waals surface area (Å²) in [5, 5.41) is 14.8. The number of nitrogens with one attached hydrogen (secondary N) is 2. The van der Waals surface area contributed by atoms with E-state index in [1.807, 2.05) is 12.1 Å². The van der Waals surface area contributed by atoms with E-state index in [0.29, 0.717) is 6.54 Å². The third kappa shape index (κ3) is 5.42. The van der Waals surface area contributed by atoms with Crippen LogP contribution in [0.4, 0.5) is 4.39 Å². The molecule has 1 heterocycles. The molecule has 3 rings (SSSR count). The van der Waals surface area contributed by atoms with E-state index >= 15 is 0 Å². The van der Waals surface area contributed by atoms with Crippen LogP contribution in [0.3, 0.4) is 0 Å². The first-order valence-electron chi connectivity index (χ1n) is 9.82. The quantitative estimate of drug-likeness (QED) is 0.332. The van der Waals surface area contributed by atoms with Crippen LogP contribution < -0.4 is 10.6 Å². The summed E-state index contributed by atoms with van der Waals surface area (Å²) in [5.74, 6) is 1.62. The average Bonchev–Trinajstić information content (AvgIpc) is 3.09. The molecule has 8 heteroatoms. The molecular formula is C20H30FIN6. The molecule has 0 spiro atoms. The fraction of sp³-hybridized carbons (Fsp3) is 0.550. The molecule has 0 aliphatic heterocycles. The number of guanidine groups is 1. The molecule has 1 fully saturated rings. The van der Waals surface area contributed by atoms with Crippen molar-refractivity contribution >= 4 is 29.9 Å². The van der Waals surface area contributed by atoms with Gasteiger partial charge in [0, 0.05) is 31.5 Å². The van der Waals surface area contributed by atoms with Gasteiger partial charge in [0.1, 0.15) is 18.0 Å². The van der Waals surface area contributed by atoms with Crippen molar-refractivity contribution in [1.82, 2.24) is 25.4 Å². The van der Waals surface area contributed by atoms with E-state index < -0.39 is 0 Å². The zero-order valence-electron chi connectivity index (χ0n) is 16.6. The molecule has 0 bridgehead atoms. The normalized spacial score (nSPS) is 15.5. The van der Waals surface area contributed by atoms with Crippen LogP contribution in [0.1, 0.15) is 44.5 Å². The Morgan fingerprint density at radius 1 is 1.21 bits per heavy atom. The molecule has 28 heavy (non-hydrogen) atoms. The van der Waals surface area contributed by atoms with Gasteiger partial charge in [-0.25, -0.2) is 4.39 Å². The van der Waals surface area contributed by atoms with Crippen molar-refractivity contribution in [2.24, 2.45) is 4.99 Å². The topological polar surface area (TPSA) is 67.1 Å². The van der Waals surface area contributed by atoms with E-state index in [1.165, 1.54) is 12.0 Å². The van der Waals surface area contributed by atoms with Gasteiger partial charge in [0.05, 0.1) is 6.54 Å². The molecule has 1 aromatic heterocycles. The van der Waals surface area contributed by atoms with E-state index in [9.17, 15) is 4.39 Å². The zero-order chi connectivity index (χ0) is 19.1. The van der Waals surface area contributed by atoms with E-state index in [0.717, 1.165) is 50.7 Å². The molecular weight excluding hydrogens is 470 g/mol. The highest BCUT2D eigenvalue weighted by molar-refractivity contribution is 14.0. The molecule has 0 saturated heterocycles. The van der Waals surface area contributed by atoms with Crippen LogP contribution in [0.5, 0.6) is 0 Å². The summed E-state index contributed by atoms with van der Waals surface area (Å²) in [7, 11) is 0. The number of benzene rings is 1. The lowest BCUT2D eigenvalue weighted by molar-refractivity contribution is 0.253. The third-order valence-electron chi connectivity index (χ3n) is 5.31. The monoisotopic (exact) mass is 500 g/mol. The van der Waals surface area contributed by atoms with Crippen LogP contribution >= 0.6 is 24.0 Å². The number of aliphatic imine (C=N–C) groups is 1. The first-order chi connectivity index (χ1) is 13.2. The number of nitrogens with zero attached hydrogens (tertiary/aromatic N) is 4. The predicted molar refractivity (Wildman–Crippen MR) is 121 cm³/mol. The molecule has 1 aliphatic rings. The van der Waals surface area contributed by atoms with Crippen molar-refractivity contribution in [2.45, 2.75) is 51.5 Å². The summed E-state index contributed by atoms with van der Waals surface area (Å²) >= 11 is 0. The maximum atomic E-state index is 13.3. The zero-order valence-corrected chi connectivity index (χ0v) is 18.9. The smallest absolute Gasteiger partial charge is 0.191 e. The Balaban J connectivity index is 0.00000280. The molecule has 154 valence electrons. The molecule has 0 unspecified atom stereocenters. The lowest BCUT2D eigenvalue weighted by Crippen LogP contribution is -2.42. The van der Waals surface area contributed by atoms with E-state index in [-0.39, 0.29) is 35.2 Å². The Morgan fingerprint density at radius 3 is 2.57 bits per heavy atom. The lowest BCUT2D eigenvalue weighted by Gasteiger charge is -2.41. The Labute approximate surface area is 183 Å². The minimum absolute atomic E-state index is 0. The Morgan fingerprint density at radius 2 is 1.96 bits per heavy atom. The van der Waals surface area contributed by atoms with Gasteiger partial charge < -0.3 is 15.2 Å². The van der Waals surface area contributed by atoms with Crippen molar-refractivity contribution in [3.63, 3.8) is 0 Å². The van der Waals surface area contributed by atoms with Gasteiger partial charge in [-0.2, -0.15) is 0 Å². The maximum Gasteiger partial charge on any atom is 0.191 e. The second kappa shape index (κ2) is 10.7. The number of rotatable bonds is 8. The second-order valence-electron chi connectivity index (χ2n) is 7.06. The number of hydrogen-bond donors (Lipinski definition) is 2. The van der Waals surface area contributed by atoms with Gasteiger partial charge in [0.15, 0.2) is 5.96 Å². The molecule has 6 nitrogen and oxygen atoms in total. The Kier molecular flexibility index (Phi) is 8.65. The number of aromatic nitrogens is 3. The van der Waals surface area contributed by atoms with E-state index in [2.05, 4.69) is 39.2 Å². The molecule has 0 amide bonds. The van der Waals surface area contributed by atoms with Gasteiger partial charge in [-0.3, -0.25) is 4.99 Å². The van der Waals surface area contributed by atoms with Gasteiger partial charge in [-0.05, 0) is 37.5 Å². The van der Waals surface area contributed by atoms with Gasteiger partial charge in [-0.15, -0.1) is 34.2 Å². The number of aryl methyl sites for hydroxylation is 1. The SMILES string of the molecule is CCNC(=NCC1(c2ccc(F)cc2)CCC1)NCCn1cnnc1CC.I. The van der Waals surface area contributed by atoms with Crippen LogP contribution in [-0.2, 0) is 18.4 Å². The van der Waals surface area contributed by atoms with E-state index in [4.69, 9.17) is 4.99 Å². The Bertz CT molecular complexity index is 754. The van der Waals surface area contributed by atoms with Crippen molar-refractivity contribution in [3.8, 4) is 0 Å². The summed E-state index contributed by atoms with van der Waals surface area (Å²) in [6, 6.07) is 6.91. The van der Waals surface area contributed by atoms with Gasteiger partial charge in [-0.1, -0.05) is 25.5 Å². The van der Waals surface area contributed by atoms with Crippen LogP contribution in [-0.4, -0.2) is 40.4 Å². The van der Waals surface area contributed by atoms with Crippen LogP contribution in [0.25, 0.3) is 0 Å². The van der Waals surface area contributed by atoms with Crippen molar-refractivity contribution in [3.05, 3.63) is 47.8 Å². The lowest BCUT2D eigenvalue weighted by atomic mass is 9.64. The highest BCUT2D eigenvalue weighted by Gasteiger charge is 2.38.